The van der Waals surface area contributed by atoms with Crippen molar-refractivity contribution in [1.29, 1.82) is 0 Å². The monoisotopic (exact) mass is 169 g/mol. The topological polar surface area (TPSA) is 4.93 Å². The minimum Gasteiger partial charge on any atom is -0.347 e. The average molecular weight is 170 g/mol. The standard InChI is InChI=1S/C9H12ClN/c1-6-7(2)11(5-9(6)10)8-3-4-8/h5,8H,3-4H2,1-2H3. The van der Waals surface area contributed by atoms with Crippen molar-refractivity contribution in [2.24, 2.45) is 0 Å². The van der Waals surface area contributed by atoms with Crippen LogP contribution in [0.25, 0.3) is 0 Å². The average Bonchev–Trinajstić information content (AvgIpc) is 2.76. The molecular weight excluding hydrogens is 158 g/mol. The molecule has 1 aliphatic rings. The van der Waals surface area contributed by atoms with Gasteiger partial charge in [-0.2, -0.15) is 0 Å². The third-order valence-electron chi connectivity index (χ3n) is 2.48. The van der Waals surface area contributed by atoms with Crippen LogP contribution in [0.15, 0.2) is 6.20 Å². The van der Waals surface area contributed by atoms with Crippen LogP contribution >= 0.6 is 11.6 Å². The summed E-state index contributed by atoms with van der Waals surface area (Å²) >= 11 is 5.99. The molecule has 2 heteroatoms. The molecule has 0 amide bonds. The molecule has 1 saturated carbocycles. The van der Waals surface area contributed by atoms with Crippen LogP contribution in [0.2, 0.25) is 5.02 Å². The molecule has 0 saturated heterocycles. The number of halogens is 1. The Morgan fingerprint density at radius 1 is 1.45 bits per heavy atom. The van der Waals surface area contributed by atoms with Gasteiger partial charge in [-0.15, -0.1) is 0 Å². The summed E-state index contributed by atoms with van der Waals surface area (Å²) in [4.78, 5) is 0. The fourth-order valence-electron chi connectivity index (χ4n) is 1.41. The first-order valence-electron chi connectivity index (χ1n) is 4.03. The van der Waals surface area contributed by atoms with Gasteiger partial charge in [0.2, 0.25) is 0 Å². The van der Waals surface area contributed by atoms with E-state index >= 15 is 0 Å². The summed E-state index contributed by atoms with van der Waals surface area (Å²) in [5.74, 6) is 0. The van der Waals surface area contributed by atoms with Crippen LogP contribution in [-0.2, 0) is 0 Å². The van der Waals surface area contributed by atoms with Crippen LogP contribution in [-0.4, -0.2) is 4.57 Å². The maximum atomic E-state index is 5.99. The highest BCUT2D eigenvalue weighted by molar-refractivity contribution is 6.31. The molecule has 1 aromatic heterocycles. The molecule has 0 N–H and O–H groups in total. The second-order valence-electron chi connectivity index (χ2n) is 3.33. The van der Waals surface area contributed by atoms with E-state index in [1.165, 1.54) is 24.1 Å². The Kier molecular flexibility index (Phi) is 1.50. The molecule has 60 valence electrons. The Labute approximate surface area is 72.0 Å². The molecule has 2 rings (SSSR count). The highest BCUT2D eigenvalue weighted by Gasteiger charge is 2.25. The van der Waals surface area contributed by atoms with Gasteiger partial charge in [-0.25, -0.2) is 0 Å². The fourth-order valence-corrected chi connectivity index (χ4v) is 1.66. The van der Waals surface area contributed by atoms with Crippen molar-refractivity contribution < 1.29 is 0 Å². The maximum absolute atomic E-state index is 5.99. The minimum absolute atomic E-state index is 0.751. The molecule has 1 nitrogen and oxygen atoms in total. The third-order valence-corrected chi connectivity index (χ3v) is 2.86. The molecule has 0 atom stereocenters. The molecule has 0 aromatic carbocycles. The molecule has 1 fully saturated rings. The van der Waals surface area contributed by atoms with Crippen LogP contribution in [0.3, 0.4) is 0 Å². The van der Waals surface area contributed by atoms with E-state index in [1.807, 2.05) is 0 Å². The van der Waals surface area contributed by atoms with Gasteiger partial charge in [-0.05, 0) is 32.3 Å². The summed E-state index contributed by atoms with van der Waals surface area (Å²) in [5.41, 5.74) is 2.57. The Balaban J connectivity index is 2.46. The van der Waals surface area contributed by atoms with E-state index in [9.17, 15) is 0 Å². The zero-order valence-corrected chi connectivity index (χ0v) is 7.65. The van der Waals surface area contributed by atoms with Crippen molar-refractivity contribution in [1.82, 2.24) is 4.57 Å². The molecule has 1 heterocycles. The van der Waals surface area contributed by atoms with E-state index in [4.69, 9.17) is 11.6 Å². The Morgan fingerprint density at radius 3 is 2.45 bits per heavy atom. The predicted molar refractivity (Wildman–Crippen MR) is 47.2 cm³/mol. The number of hydrogen-bond acceptors (Lipinski definition) is 0. The van der Waals surface area contributed by atoms with E-state index in [0.29, 0.717) is 0 Å². The van der Waals surface area contributed by atoms with Gasteiger partial charge in [0.1, 0.15) is 0 Å². The van der Waals surface area contributed by atoms with Crippen LogP contribution < -0.4 is 0 Å². The van der Waals surface area contributed by atoms with Gasteiger partial charge in [0.15, 0.2) is 0 Å². The number of aromatic nitrogens is 1. The van der Waals surface area contributed by atoms with E-state index in [-0.39, 0.29) is 0 Å². The highest BCUT2D eigenvalue weighted by atomic mass is 35.5. The summed E-state index contributed by atoms with van der Waals surface area (Å²) in [6.45, 7) is 4.22. The molecule has 1 aliphatic carbocycles. The van der Waals surface area contributed by atoms with Crippen molar-refractivity contribution in [2.45, 2.75) is 32.7 Å². The molecule has 0 bridgehead atoms. The van der Waals surface area contributed by atoms with E-state index in [2.05, 4.69) is 24.6 Å². The first-order chi connectivity index (χ1) is 5.20. The van der Waals surface area contributed by atoms with Gasteiger partial charge in [0.05, 0.1) is 5.02 Å². The van der Waals surface area contributed by atoms with Gasteiger partial charge in [0, 0.05) is 17.9 Å². The van der Waals surface area contributed by atoms with Crippen molar-refractivity contribution in [3.8, 4) is 0 Å². The van der Waals surface area contributed by atoms with Crippen LogP contribution in [0.4, 0.5) is 0 Å². The van der Waals surface area contributed by atoms with E-state index in [0.717, 1.165) is 11.1 Å². The van der Waals surface area contributed by atoms with Crippen LogP contribution in [0.5, 0.6) is 0 Å². The van der Waals surface area contributed by atoms with E-state index < -0.39 is 0 Å². The molecule has 0 unspecified atom stereocenters. The number of rotatable bonds is 1. The summed E-state index contributed by atoms with van der Waals surface area (Å²) in [7, 11) is 0. The molecule has 1 aromatic rings. The predicted octanol–water partition coefficient (Wildman–Crippen LogP) is 3.09. The van der Waals surface area contributed by atoms with Crippen LogP contribution in [0, 0.1) is 13.8 Å². The van der Waals surface area contributed by atoms with Gasteiger partial charge >= 0.3 is 0 Å². The Hall–Kier alpha value is -0.430. The second kappa shape index (κ2) is 2.28. The number of hydrogen-bond donors (Lipinski definition) is 0. The normalized spacial score (nSPS) is 17.4. The maximum Gasteiger partial charge on any atom is 0.0614 e. The quantitative estimate of drug-likeness (QED) is 0.609. The second-order valence-corrected chi connectivity index (χ2v) is 3.73. The van der Waals surface area contributed by atoms with Crippen molar-refractivity contribution in [2.75, 3.05) is 0 Å². The molecule has 0 radical (unpaired) electrons. The lowest BCUT2D eigenvalue weighted by molar-refractivity contribution is 0.720. The smallest absolute Gasteiger partial charge is 0.0614 e. The van der Waals surface area contributed by atoms with Gasteiger partial charge < -0.3 is 4.57 Å². The van der Waals surface area contributed by atoms with Gasteiger partial charge in [-0.1, -0.05) is 11.6 Å². The zero-order valence-electron chi connectivity index (χ0n) is 6.89. The number of nitrogens with zero attached hydrogens (tertiary/aromatic N) is 1. The van der Waals surface area contributed by atoms with Crippen molar-refractivity contribution >= 4 is 11.6 Å². The molecule has 0 spiro atoms. The lowest BCUT2D eigenvalue weighted by atomic mass is 10.3. The first kappa shape index (κ1) is 7.23. The third kappa shape index (κ3) is 1.08. The Bertz CT molecular complexity index is 284. The summed E-state index contributed by atoms with van der Waals surface area (Å²) in [5, 5.41) is 0.911. The highest BCUT2D eigenvalue weighted by Crippen LogP contribution is 2.38. The fraction of sp³-hybridized carbons (Fsp3) is 0.556. The molecule has 0 aliphatic heterocycles. The van der Waals surface area contributed by atoms with Gasteiger partial charge in [0.25, 0.3) is 0 Å². The first-order valence-corrected chi connectivity index (χ1v) is 4.41. The van der Waals surface area contributed by atoms with E-state index in [1.54, 1.807) is 0 Å². The minimum atomic E-state index is 0.751. The molecular formula is C9H12ClN. The van der Waals surface area contributed by atoms with Crippen molar-refractivity contribution in [3.05, 3.63) is 22.5 Å². The van der Waals surface area contributed by atoms with Crippen molar-refractivity contribution in [3.63, 3.8) is 0 Å². The van der Waals surface area contributed by atoms with Crippen LogP contribution in [0.1, 0.15) is 30.1 Å². The summed E-state index contributed by atoms with van der Waals surface area (Å²) in [6, 6.07) is 0.751. The summed E-state index contributed by atoms with van der Waals surface area (Å²) < 4.78 is 2.30. The largest absolute Gasteiger partial charge is 0.347 e. The zero-order chi connectivity index (χ0) is 8.01. The lowest BCUT2D eigenvalue weighted by Gasteiger charge is -2.01. The lowest BCUT2D eigenvalue weighted by Crippen LogP contribution is -1.93. The SMILES string of the molecule is Cc1c(Cl)cn(C2CC2)c1C. The Morgan fingerprint density at radius 2 is 2.09 bits per heavy atom. The summed E-state index contributed by atoms with van der Waals surface area (Å²) in [6.07, 6.45) is 4.71. The molecule has 11 heavy (non-hydrogen) atoms. The van der Waals surface area contributed by atoms with Gasteiger partial charge in [-0.3, -0.25) is 0 Å².